The van der Waals surface area contributed by atoms with Crippen molar-refractivity contribution in [1.29, 1.82) is 0 Å². The Kier molecular flexibility index (Phi) is 3.66. The zero-order valence-electron chi connectivity index (χ0n) is 8.45. The summed E-state index contributed by atoms with van der Waals surface area (Å²) < 4.78 is 24.9. The Morgan fingerprint density at radius 3 is 2.50 bits per heavy atom. The van der Waals surface area contributed by atoms with Crippen LogP contribution in [0.1, 0.15) is 18.1 Å². The fourth-order valence-corrected chi connectivity index (χ4v) is 1.68. The molecule has 0 heterocycles. The molecule has 78 valence electrons. The Balaban J connectivity index is 2.68. The van der Waals surface area contributed by atoms with Gasteiger partial charge in [0, 0.05) is 6.54 Å². The van der Waals surface area contributed by atoms with Gasteiger partial charge in [-0.2, -0.15) is 0 Å². The van der Waals surface area contributed by atoms with Crippen molar-refractivity contribution in [3.05, 3.63) is 35.4 Å². The molecule has 0 aliphatic carbocycles. The molecule has 0 aromatic heterocycles. The average Bonchev–Trinajstić information content (AvgIpc) is 2.17. The van der Waals surface area contributed by atoms with Gasteiger partial charge in [0.05, 0.1) is 5.75 Å². The van der Waals surface area contributed by atoms with Crippen LogP contribution in [-0.2, 0) is 16.6 Å². The van der Waals surface area contributed by atoms with Crippen molar-refractivity contribution in [2.24, 2.45) is 0 Å². The van der Waals surface area contributed by atoms with Gasteiger partial charge in [-0.1, -0.05) is 24.3 Å². The number of rotatable bonds is 4. The highest BCUT2D eigenvalue weighted by Crippen LogP contribution is 2.06. The molecule has 0 unspecified atom stereocenters. The fourth-order valence-electron chi connectivity index (χ4n) is 1.10. The molecule has 0 aliphatic heterocycles. The van der Waals surface area contributed by atoms with E-state index in [-0.39, 0.29) is 5.75 Å². The highest BCUT2D eigenvalue weighted by Gasteiger charge is 2.06. The highest BCUT2D eigenvalue weighted by atomic mass is 32.2. The summed E-state index contributed by atoms with van der Waals surface area (Å²) in [6.07, 6.45) is 0. The number of hydrogen-bond acceptors (Lipinski definition) is 2. The molecule has 0 aliphatic rings. The van der Waals surface area contributed by atoms with Crippen LogP contribution < -0.4 is 4.72 Å². The molecule has 14 heavy (non-hydrogen) atoms. The standard InChI is InChI=1S/C10H15NO2S/c1-3-14(12,13)11-8-10-7-5-4-6-9(10)2/h4-7,11H,3,8H2,1-2H3. The molecule has 0 radical (unpaired) electrons. The number of sulfonamides is 1. The van der Waals surface area contributed by atoms with E-state index in [0.29, 0.717) is 6.54 Å². The van der Waals surface area contributed by atoms with E-state index >= 15 is 0 Å². The molecule has 0 spiro atoms. The van der Waals surface area contributed by atoms with Crippen LogP contribution in [0.4, 0.5) is 0 Å². The lowest BCUT2D eigenvalue weighted by Gasteiger charge is -2.06. The van der Waals surface area contributed by atoms with Crippen LogP contribution in [0, 0.1) is 6.92 Å². The first kappa shape index (κ1) is 11.2. The summed E-state index contributed by atoms with van der Waals surface area (Å²) in [5, 5.41) is 0. The quantitative estimate of drug-likeness (QED) is 0.822. The second-order valence-electron chi connectivity index (χ2n) is 3.15. The molecule has 1 aromatic carbocycles. The smallest absolute Gasteiger partial charge is 0.211 e. The number of aryl methyl sites for hydroxylation is 1. The third-order valence-corrected chi connectivity index (χ3v) is 3.47. The monoisotopic (exact) mass is 213 g/mol. The van der Waals surface area contributed by atoms with E-state index in [2.05, 4.69) is 4.72 Å². The molecular formula is C10H15NO2S. The number of benzene rings is 1. The predicted octanol–water partition coefficient (Wildman–Crippen LogP) is 1.43. The van der Waals surface area contributed by atoms with Crippen molar-refractivity contribution in [2.75, 3.05) is 5.75 Å². The minimum Gasteiger partial charge on any atom is -0.212 e. The first-order valence-electron chi connectivity index (χ1n) is 4.57. The fraction of sp³-hybridized carbons (Fsp3) is 0.400. The SMILES string of the molecule is CCS(=O)(=O)NCc1ccccc1C. The van der Waals surface area contributed by atoms with Gasteiger partial charge in [-0.3, -0.25) is 0 Å². The Morgan fingerprint density at radius 1 is 1.29 bits per heavy atom. The van der Waals surface area contributed by atoms with Gasteiger partial charge in [-0.15, -0.1) is 0 Å². The summed E-state index contributed by atoms with van der Waals surface area (Å²) in [6, 6.07) is 7.73. The van der Waals surface area contributed by atoms with E-state index in [0.717, 1.165) is 11.1 Å². The molecule has 0 amide bonds. The minimum atomic E-state index is -3.08. The number of nitrogens with one attached hydrogen (secondary N) is 1. The summed E-state index contributed by atoms with van der Waals surface area (Å²) in [6.45, 7) is 3.97. The number of hydrogen-bond donors (Lipinski definition) is 1. The third-order valence-electron chi connectivity index (χ3n) is 2.12. The van der Waals surface area contributed by atoms with Crippen molar-refractivity contribution in [3.8, 4) is 0 Å². The van der Waals surface area contributed by atoms with Crippen LogP contribution in [-0.4, -0.2) is 14.2 Å². The zero-order chi connectivity index (χ0) is 10.6. The summed E-state index contributed by atoms with van der Waals surface area (Å²) in [7, 11) is -3.08. The van der Waals surface area contributed by atoms with E-state index in [9.17, 15) is 8.42 Å². The largest absolute Gasteiger partial charge is 0.212 e. The van der Waals surface area contributed by atoms with Gasteiger partial charge in [0.25, 0.3) is 0 Å². The first-order chi connectivity index (χ1) is 6.55. The molecule has 0 saturated carbocycles. The predicted molar refractivity (Wildman–Crippen MR) is 57.5 cm³/mol. The van der Waals surface area contributed by atoms with E-state index in [4.69, 9.17) is 0 Å². The van der Waals surface area contributed by atoms with Crippen molar-refractivity contribution >= 4 is 10.0 Å². The molecule has 1 N–H and O–H groups in total. The maximum atomic E-state index is 11.2. The summed E-state index contributed by atoms with van der Waals surface area (Å²) in [5.74, 6) is 0.124. The van der Waals surface area contributed by atoms with Crippen LogP contribution >= 0.6 is 0 Å². The van der Waals surface area contributed by atoms with Crippen molar-refractivity contribution in [2.45, 2.75) is 20.4 Å². The van der Waals surface area contributed by atoms with Crippen LogP contribution in [0.5, 0.6) is 0 Å². The molecule has 0 bridgehead atoms. The van der Waals surface area contributed by atoms with Gasteiger partial charge in [-0.25, -0.2) is 13.1 Å². The van der Waals surface area contributed by atoms with Gasteiger partial charge >= 0.3 is 0 Å². The first-order valence-corrected chi connectivity index (χ1v) is 6.22. The van der Waals surface area contributed by atoms with Crippen molar-refractivity contribution < 1.29 is 8.42 Å². The molecule has 3 nitrogen and oxygen atoms in total. The Hall–Kier alpha value is -0.870. The van der Waals surface area contributed by atoms with Gasteiger partial charge in [0.2, 0.25) is 10.0 Å². The zero-order valence-corrected chi connectivity index (χ0v) is 9.26. The maximum absolute atomic E-state index is 11.2. The van der Waals surface area contributed by atoms with Crippen LogP contribution in [0.25, 0.3) is 0 Å². The van der Waals surface area contributed by atoms with E-state index in [1.165, 1.54) is 0 Å². The van der Waals surface area contributed by atoms with Gasteiger partial charge < -0.3 is 0 Å². The summed E-state index contributed by atoms with van der Waals surface area (Å²) in [4.78, 5) is 0. The summed E-state index contributed by atoms with van der Waals surface area (Å²) in [5.41, 5.74) is 2.12. The normalized spacial score (nSPS) is 11.6. The van der Waals surface area contributed by atoms with Crippen LogP contribution in [0.15, 0.2) is 24.3 Å². The van der Waals surface area contributed by atoms with E-state index < -0.39 is 10.0 Å². The van der Waals surface area contributed by atoms with Crippen molar-refractivity contribution in [3.63, 3.8) is 0 Å². The average molecular weight is 213 g/mol. The molecular weight excluding hydrogens is 198 g/mol. The Bertz CT molecular complexity index is 398. The lowest BCUT2D eigenvalue weighted by atomic mass is 10.1. The second-order valence-corrected chi connectivity index (χ2v) is 5.25. The minimum absolute atomic E-state index is 0.124. The second kappa shape index (κ2) is 4.57. The molecule has 0 fully saturated rings. The lowest BCUT2D eigenvalue weighted by Crippen LogP contribution is -2.24. The molecule has 1 rings (SSSR count). The van der Waals surface area contributed by atoms with Crippen LogP contribution in [0.2, 0.25) is 0 Å². The Labute approximate surface area is 85.2 Å². The van der Waals surface area contributed by atoms with Gasteiger partial charge in [-0.05, 0) is 25.0 Å². The maximum Gasteiger partial charge on any atom is 0.211 e. The Morgan fingerprint density at radius 2 is 1.93 bits per heavy atom. The topological polar surface area (TPSA) is 46.2 Å². The highest BCUT2D eigenvalue weighted by molar-refractivity contribution is 7.89. The van der Waals surface area contributed by atoms with Crippen LogP contribution in [0.3, 0.4) is 0 Å². The molecule has 0 atom stereocenters. The molecule has 0 saturated heterocycles. The molecule has 4 heteroatoms. The van der Waals surface area contributed by atoms with E-state index in [1.54, 1.807) is 6.92 Å². The lowest BCUT2D eigenvalue weighted by molar-refractivity contribution is 0.582. The van der Waals surface area contributed by atoms with Gasteiger partial charge in [0.1, 0.15) is 0 Å². The summed E-state index contributed by atoms with van der Waals surface area (Å²) >= 11 is 0. The van der Waals surface area contributed by atoms with E-state index in [1.807, 2.05) is 31.2 Å². The molecule has 1 aromatic rings. The van der Waals surface area contributed by atoms with Crippen molar-refractivity contribution in [1.82, 2.24) is 4.72 Å². The van der Waals surface area contributed by atoms with Gasteiger partial charge in [0.15, 0.2) is 0 Å². The third kappa shape index (κ3) is 3.12.